The third-order valence-corrected chi connectivity index (χ3v) is 11.5. The molecule has 0 saturated carbocycles. The quantitative estimate of drug-likeness (QED) is 0.254. The Bertz CT molecular complexity index is 1010. The number of nitrogens with one attached hydrogen (secondary N) is 1. The van der Waals surface area contributed by atoms with Crippen molar-refractivity contribution >= 4 is 34.0 Å². The van der Waals surface area contributed by atoms with Crippen molar-refractivity contribution in [2.45, 2.75) is 179 Å². The largest absolute Gasteiger partial charge is 0.375 e. The molecule has 5 heterocycles. The van der Waals surface area contributed by atoms with Gasteiger partial charge in [0.05, 0.1) is 50.2 Å². The second-order valence-electron chi connectivity index (χ2n) is 13.9. The van der Waals surface area contributed by atoms with Crippen LogP contribution in [0.25, 0.3) is 0 Å². The molecule has 3 aromatic rings. The summed E-state index contributed by atoms with van der Waals surface area (Å²) in [6.07, 6.45) is 7.26. The minimum Gasteiger partial charge on any atom is -0.375 e. The van der Waals surface area contributed by atoms with Crippen LogP contribution in [0.2, 0.25) is 0 Å². The van der Waals surface area contributed by atoms with Crippen LogP contribution < -0.4 is 5.32 Å². The molecular weight excluding hydrogens is 625 g/mol. The average molecular weight is 695 g/mol. The Balaban J connectivity index is 0.000000603. The molecule has 0 aromatic carbocycles. The van der Waals surface area contributed by atoms with Gasteiger partial charge in [0.1, 0.15) is 0 Å². The number of ether oxygens (including phenoxy) is 1. The lowest BCUT2D eigenvalue weighted by atomic mass is 9.98. The highest BCUT2D eigenvalue weighted by Gasteiger charge is 2.24. The molecule has 3 aliphatic rings. The van der Waals surface area contributed by atoms with Crippen LogP contribution >= 0.6 is 34.0 Å². The lowest BCUT2D eigenvalue weighted by Gasteiger charge is -2.13. The third-order valence-electron chi connectivity index (χ3n) is 6.87. The third kappa shape index (κ3) is 13.7. The maximum atomic E-state index is 5.39. The van der Waals surface area contributed by atoms with E-state index < -0.39 is 0 Å². The molecule has 0 amide bonds. The molecule has 0 radical (unpaired) electrons. The Morgan fingerprint density at radius 1 is 0.543 bits per heavy atom. The zero-order chi connectivity index (χ0) is 34.4. The Kier molecular flexibility index (Phi) is 20.5. The maximum Gasteiger partial charge on any atom is 0.0985 e. The number of aromatic nitrogens is 3. The molecule has 1 aliphatic carbocycles. The standard InChI is InChI=1S/C11H17NS.C10H16N2S.C10H15NOS.3C2H6.CH4/c1-11(2,3)10-12-8-6-4-5-7-9(8)13-10;1-10(2,3)9-12-7-4-5-11-6-8(7)13-9;1-10(2,3)9-11-7-4-5-12-6-8(7)13-9;3*1-2;/h4-7H2,1-3H3;11H,4-6H2,1-3H3;4-6H2,1-3H3;3*1-2H3;1H4. The summed E-state index contributed by atoms with van der Waals surface area (Å²) in [7, 11) is 0. The first kappa shape index (κ1) is 44.8. The van der Waals surface area contributed by atoms with Gasteiger partial charge in [-0.05, 0) is 25.7 Å². The molecule has 266 valence electrons. The topological polar surface area (TPSA) is 59.9 Å². The van der Waals surface area contributed by atoms with Gasteiger partial charge in [0.15, 0.2) is 0 Å². The molecule has 0 atom stereocenters. The van der Waals surface area contributed by atoms with Crippen LogP contribution in [0.3, 0.4) is 0 Å². The fourth-order valence-electron chi connectivity index (χ4n) is 4.47. The SMILES string of the molecule is C.CC.CC.CC.CC(C)(C)c1nc2c(s1)CCCC2.CC(C)(C)c1nc2c(s1)CNCC2.CC(C)(C)c1nc2c(s1)COCC2. The average Bonchev–Trinajstić information content (AvgIpc) is 3.77. The summed E-state index contributed by atoms with van der Waals surface area (Å²) in [5, 5.41) is 7.21. The van der Waals surface area contributed by atoms with Crippen LogP contribution in [0.1, 0.15) is 171 Å². The summed E-state index contributed by atoms with van der Waals surface area (Å²) in [6, 6.07) is 0. The molecule has 0 saturated heterocycles. The van der Waals surface area contributed by atoms with E-state index in [1.165, 1.54) is 67.5 Å². The lowest BCUT2D eigenvalue weighted by Crippen LogP contribution is -2.22. The molecule has 3 aromatic heterocycles. The van der Waals surface area contributed by atoms with Crippen molar-refractivity contribution < 1.29 is 4.74 Å². The number of aryl methyl sites for hydroxylation is 2. The monoisotopic (exact) mass is 694 g/mol. The fraction of sp³-hybridized carbons (Fsp3) is 0.763. The van der Waals surface area contributed by atoms with Crippen molar-refractivity contribution in [2.75, 3.05) is 13.2 Å². The second kappa shape index (κ2) is 21.0. The van der Waals surface area contributed by atoms with Crippen molar-refractivity contribution in [1.29, 1.82) is 0 Å². The van der Waals surface area contributed by atoms with Crippen molar-refractivity contribution in [3.63, 3.8) is 0 Å². The Labute approximate surface area is 296 Å². The summed E-state index contributed by atoms with van der Waals surface area (Å²) in [5.41, 5.74) is 4.61. The van der Waals surface area contributed by atoms with Crippen molar-refractivity contribution in [3.05, 3.63) is 46.7 Å². The Hall–Kier alpha value is -1.19. The van der Waals surface area contributed by atoms with Crippen LogP contribution in [-0.4, -0.2) is 28.1 Å². The number of thiazole rings is 3. The van der Waals surface area contributed by atoms with E-state index in [9.17, 15) is 0 Å². The summed E-state index contributed by atoms with van der Waals surface area (Å²) < 4.78 is 5.39. The van der Waals surface area contributed by atoms with Crippen LogP contribution in [0, 0.1) is 0 Å². The number of fused-ring (bicyclic) bond motifs is 3. The van der Waals surface area contributed by atoms with Gasteiger partial charge in [-0.1, -0.05) is 111 Å². The molecular formula is C38H70N4OS3. The van der Waals surface area contributed by atoms with E-state index in [0.717, 1.165) is 39.1 Å². The van der Waals surface area contributed by atoms with Crippen LogP contribution in [0.15, 0.2) is 0 Å². The second-order valence-corrected chi connectivity index (χ2v) is 17.1. The Morgan fingerprint density at radius 3 is 1.39 bits per heavy atom. The zero-order valence-electron chi connectivity index (χ0n) is 31.5. The smallest absolute Gasteiger partial charge is 0.0985 e. The van der Waals surface area contributed by atoms with Gasteiger partial charge < -0.3 is 10.1 Å². The van der Waals surface area contributed by atoms with E-state index in [1.54, 1.807) is 16.2 Å². The predicted octanol–water partition coefficient (Wildman–Crippen LogP) is 11.6. The van der Waals surface area contributed by atoms with Gasteiger partial charge in [-0.2, -0.15) is 0 Å². The van der Waals surface area contributed by atoms with Crippen LogP contribution in [0.5, 0.6) is 0 Å². The molecule has 46 heavy (non-hydrogen) atoms. The molecule has 0 fully saturated rings. The van der Waals surface area contributed by atoms with Crippen LogP contribution in [-0.2, 0) is 59.8 Å². The molecule has 8 heteroatoms. The van der Waals surface area contributed by atoms with Gasteiger partial charge in [-0.15, -0.1) is 34.0 Å². The van der Waals surface area contributed by atoms with E-state index in [0.29, 0.717) is 0 Å². The fourth-order valence-corrected chi connectivity index (χ4v) is 7.91. The highest BCUT2D eigenvalue weighted by molar-refractivity contribution is 7.12. The van der Waals surface area contributed by atoms with Crippen molar-refractivity contribution in [1.82, 2.24) is 20.3 Å². The van der Waals surface area contributed by atoms with Gasteiger partial charge in [0, 0.05) is 51.9 Å². The summed E-state index contributed by atoms with van der Waals surface area (Å²) in [6.45, 7) is 35.7. The van der Waals surface area contributed by atoms with Crippen LogP contribution in [0.4, 0.5) is 0 Å². The molecule has 0 bridgehead atoms. The highest BCUT2D eigenvalue weighted by Crippen LogP contribution is 2.34. The first-order valence-electron chi connectivity index (χ1n) is 17.5. The van der Waals surface area contributed by atoms with E-state index in [4.69, 9.17) is 14.7 Å². The minimum atomic E-state index is 0. The van der Waals surface area contributed by atoms with E-state index in [2.05, 4.69) is 72.6 Å². The lowest BCUT2D eigenvalue weighted by molar-refractivity contribution is 0.112. The minimum absolute atomic E-state index is 0. The number of nitrogens with zero attached hydrogens (tertiary/aromatic N) is 3. The van der Waals surface area contributed by atoms with E-state index in [-0.39, 0.29) is 23.7 Å². The van der Waals surface area contributed by atoms with Gasteiger partial charge in [-0.3, -0.25) is 0 Å². The van der Waals surface area contributed by atoms with Crippen molar-refractivity contribution in [2.24, 2.45) is 0 Å². The zero-order valence-corrected chi connectivity index (χ0v) is 34.0. The van der Waals surface area contributed by atoms with Gasteiger partial charge in [-0.25, -0.2) is 15.0 Å². The normalized spacial score (nSPS) is 14.9. The molecule has 6 rings (SSSR count). The number of hydrogen-bond donors (Lipinski definition) is 1. The molecule has 2 aliphatic heterocycles. The van der Waals surface area contributed by atoms with Crippen molar-refractivity contribution in [3.8, 4) is 0 Å². The molecule has 1 N–H and O–H groups in total. The first-order valence-corrected chi connectivity index (χ1v) is 19.9. The summed E-state index contributed by atoms with van der Waals surface area (Å²) in [4.78, 5) is 18.4. The predicted molar refractivity (Wildman–Crippen MR) is 209 cm³/mol. The molecule has 5 nitrogen and oxygen atoms in total. The van der Waals surface area contributed by atoms with Gasteiger partial charge in [0.25, 0.3) is 0 Å². The summed E-state index contributed by atoms with van der Waals surface area (Å²) >= 11 is 5.61. The van der Waals surface area contributed by atoms with E-state index in [1.807, 2.05) is 64.2 Å². The number of rotatable bonds is 0. The maximum absolute atomic E-state index is 5.39. The number of hydrogen-bond acceptors (Lipinski definition) is 8. The molecule has 0 unspecified atom stereocenters. The first-order chi connectivity index (χ1) is 21.2. The summed E-state index contributed by atoms with van der Waals surface area (Å²) in [5.74, 6) is 0. The van der Waals surface area contributed by atoms with Gasteiger partial charge >= 0.3 is 0 Å². The highest BCUT2D eigenvalue weighted by atomic mass is 32.1. The Morgan fingerprint density at radius 2 is 0.957 bits per heavy atom. The molecule has 0 spiro atoms. The van der Waals surface area contributed by atoms with Gasteiger partial charge in [0.2, 0.25) is 0 Å². The van der Waals surface area contributed by atoms with E-state index >= 15 is 0 Å².